The maximum Gasteiger partial charge on any atom is 0.337 e. The summed E-state index contributed by atoms with van der Waals surface area (Å²) in [6, 6.07) is 0. The fourth-order valence-corrected chi connectivity index (χ4v) is 9.00. The van der Waals surface area contributed by atoms with Gasteiger partial charge in [0, 0.05) is 5.92 Å². The van der Waals surface area contributed by atoms with Gasteiger partial charge in [0.2, 0.25) is 0 Å². The predicted molar refractivity (Wildman–Crippen MR) is 422 cm³/mol. The average Bonchev–Trinajstić information content (AvgIpc) is 0.846. The van der Waals surface area contributed by atoms with Gasteiger partial charge in [-0.15, -0.1) is 0 Å². The number of allylic oxidation sites excluding steroid dienone is 13. The summed E-state index contributed by atoms with van der Waals surface area (Å²) in [4.78, 5) is 57.4. The first-order chi connectivity index (χ1) is 45.8. The fraction of sp³-hybridized carbons (Fsp3) is 0.756. The molecule has 101 heavy (non-hydrogen) atoms. The van der Waals surface area contributed by atoms with E-state index in [2.05, 4.69) is 168 Å². The summed E-state index contributed by atoms with van der Waals surface area (Å²) < 4.78 is 25.7. The molecule has 0 amide bonds. The highest BCUT2D eigenvalue weighted by Crippen LogP contribution is 2.36. The summed E-state index contributed by atoms with van der Waals surface area (Å²) in [5.41, 5.74) is 3.64. The zero-order valence-corrected chi connectivity index (χ0v) is 70.6. The minimum Gasteiger partial charge on any atom is -0.463 e. The molecule has 0 aromatic rings. The normalized spacial score (nSPS) is 14.6. The van der Waals surface area contributed by atoms with Crippen molar-refractivity contribution in [1.29, 1.82) is 0 Å². The first-order valence-electron chi connectivity index (χ1n) is 37.6. The summed E-state index contributed by atoms with van der Waals surface area (Å²) >= 11 is 0. The van der Waals surface area contributed by atoms with Crippen molar-refractivity contribution in [2.75, 3.05) is 19.8 Å². The van der Waals surface area contributed by atoms with Crippen LogP contribution in [0.25, 0.3) is 0 Å². The van der Waals surface area contributed by atoms with Crippen LogP contribution in [-0.4, -0.2) is 115 Å². The number of hydrogen-bond acceptors (Lipinski definition) is 15. The highest BCUT2D eigenvalue weighted by molar-refractivity contribution is 5.79. The number of aliphatic hydroxyl groups is 5. The molecular weight excluding hydrogens is 1270 g/mol. The van der Waals surface area contributed by atoms with E-state index in [1.165, 1.54) is 128 Å². The second-order valence-electron chi connectivity index (χ2n) is 33.6. The molecule has 15 nitrogen and oxygen atoms in total. The van der Waals surface area contributed by atoms with E-state index in [0.29, 0.717) is 36.9 Å². The molecule has 0 spiro atoms. The van der Waals surface area contributed by atoms with E-state index in [1.54, 1.807) is 0 Å². The summed E-state index contributed by atoms with van der Waals surface area (Å²) in [6.07, 6.45) is 32.0. The number of hydrogen-bond donors (Lipinski definition) is 5. The third-order valence-electron chi connectivity index (χ3n) is 16.7. The maximum absolute atomic E-state index is 11.7. The quantitative estimate of drug-likeness (QED) is 0.0218. The van der Waals surface area contributed by atoms with Crippen LogP contribution in [0.2, 0.25) is 0 Å². The Morgan fingerprint density at radius 2 is 0.693 bits per heavy atom. The number of carbonyl (C=O) groups is 5. The first-order valence-corrected chi connectivity index (χ1v) is 37.6. The van der Waals surface area contributed by atoms with Gasteiger partial charge in [-0.05, 0) is 283 Å². The van der Waals surface area contributed by atoms with Crippen LogP contribution in [0.4, 0.5) is 0 Å². The van der Waals surface area contributed by atoms with Crippen LogP contribution in [-0.2, 0) is 47.7 Å². The molecule has 0 heterocycles. The molecule has 15 heteroatoms. The molecule has 0 aromatic heterocycles. The van der Waals surface area contributed by atoms with Gasteiger partial charge in [-0.2, -0.15) is 0 Å². The van der Waals surface area contributed by atoms with Gasteiger partial charge in [0.1, 0.15) is 12.7 Å². The highest BCUT2D eigenvalue weighted by atomic mass is 16.6. The summed E-state index contributed by atoms with van der Waals surface area (Å²) in [7, 11) is 0. The molecule has 7 atom stereocenters. The molecule has 0 aliphatic rings. The molecule has 0 aliphatic heterocycles. The van der Waals surface area contributed by atoms with Gasteiger partial charge in [-0.1, -0.05) is 170 Å². The molecule has 0 radical (unpaired) electrons. The highest BCUT2D eigenvalue weighted by Gasteiger charge is 2.33. The molecule has 7 unspecified atom stereocenters. The lowest BCUT2D eigenvalue weighted by molar-refractivity contribution is -0.168. The Bertz CT molecular complexity index is 2550. The van der Waals surface area contributed by atoms with Crippen LogP contribution in [0.3, 0.4) is 0 Å². The number of rotatable bonds is 40. The fourth-order valence-electron chi connectivity index (χ4n) is 9.00. The van der Waals surface area contributed by atoms with E-state index < -0.39 is 57.9 Å². The van der Waals surface area contributed by atoms with Crippen LogP contribution in [0.5, 0.6) is 0 Å². The van der Waals surface area contributed by atoms with Crippen molar-refractivity contribution in [2.24, 2.45) is 40.9 Å². The van der Waals surface area contributed by atoms with Crippen LogP contribution < -0.4 is 0 Å². The number of ether oxygens (including phenoxy) is 5. The van der Waals surface area contributed by atoms with Gasteiger partial charge in [0.25, 0.3) is 0 Å². The van der Waals surface area contributed by atoms with E-state index in [1.807, 2.05) is 33.8 Å². The lowest BCUT2D eigenvalue weighted by Gasteiger charge is -2.34. The van der Waals surface area contributed by atoms with Gasteiger partial charge >= 0.3 is 29.8 Å². The minimum atomic E-state index is -1.45. The third kappa shape index (κ3) is 64.4. The summed E-state index contributed by atoms with van der Waals surface area (Å²) in [5, 5.41) is 47.5. The molecular formula is C86H156O15. The molecule has 0 rings (SSSR count). The Hall–Kier alpha value is -4.93. The van der Waals surface area contributed by atoms with Crippen LogP contribution in [0.1, 0.15) is 324 Å². The van der Waals surface area contributed by atoms with Gasteiger partial charge in [0.15, 0.2) is 28.0 Å². The smallest absolute Gasteiger partial charge is 0.337 e. The van der Waals surface area contributed by atoms with Crippen molar-refractivity contribution < 1.29 is 73.2 Å². The molecule has 0 aromatic carbocycles. The Labute approximate surface area is 619 Å². The maximum atomic E-state index is 11.7. The van der Waals surface area contributed by atoms with E-state index in [-0.39, 0.29) is 30.1 Å². The molecule has 5 N–H and O–H groups in total. The minimum absolute atomic E-state index is 0.0560. The van der Waals surface area contributed by atoms with E-state index >= 15 is 0 Å². The lowest BCUT2D eigenvalue weighted by Crippen LogP contribution is -2.38. The molecule has 0 saturated carbocycles. The van der Waals surface area contributed by atoms with Crippen molar-refractivity contribution in [2.45, 2.75) is 365 Å². The van der Waals surface area contributed by atoms with Gasteiger partial charge in [0.05, 0.1) is 19.3 Å². The predicted octanol–water partition coefficient (Wildman–Crippen LogP) is 20.6. The zero-order valence-electron chi connectivity index (χ0n) is 70.6. The zero-order chi connectivity index (χ0) is 80.0. The van der Waals surface area contributed by atoms with Crippen molar-refractivity contribution >= 4 is 29.8 Å². The standard InChI is InChI=1S/C18H34O3.C18H32O3.2C17H30O3.C16H30O3/c2*1-14(2)9-7-10-15(3)11-8-12-16(4)13-21-17(19)18(5,6)20;1-13(2)9-7-10-14(3)11-8-12-15(4)20-16(18)17(5,6)19;1-13(2)12-15(4)9-7-8-14(3)10-11-20-16(18)17(5,6)19;1-10(12(3)15(5,6)7)11(2)13(4)19-14(17)16(8,9)18/h9,15-16,20H,7-8,10-13H2,1-6H3;9,11,16,20H,7-8,10,12-13H2,1-6H3;9,11,15,19H,7-8,10,12H2,1-6H3;9-10,13,19H,7-8,11-12H2,1-6H3;11-13,18H,1H2,2-9H3. The van der Waals surface area contributed by atoms with Crippen LogP contribution >= 0.6 is 0 Å². The van der Waals surface area contributed by atoms with Crippen LogP contribution in [0.15, 0.2) is 93.7 Å². The molecule has 0 aliphatic carbocycles. The molecule has 0 bridgehead atoms. The molecule has 0 fully saturated rings. The number of esters is 5. The van der Waals surface area contributed by atoms with E-state index in [0.717, 1.165) is 95.0 Å². The van der Waals surface area contributed by atoms with Crippen molar-refractivity contribution in [3.8, 4) is 0 Å². The molecule has 0 saturated heterocycles. The topological polar surface area (TPSA) is 233 Å². The average molecular weight is 1430 g/mol. The Morgan fingerprint density at radius 3 is 1.08 bits per heavy atom. The van der Waals surface area contributed by atoms with Gasteiger partial charge in [-0.3, -0.25) is 0 Å². The van der Waals surface area contributed by atoms with Crippen LogP contribution in [0, 0.1) is 40.9 Å². The van der Waals surface area contributed by atoms with Crippen molar-refractivity contribution in [3.05, 3.63) is 93.7 Å². The summed E-state index contributed by atoms with van der Waals surface area (Å²) in [5.74, 6) is -0.361. The van der Waals surface area contributed by atoms with Gasteiger partial charge in [-0.25, -0.2) is 24.0 Å². The lowest BCUT2D eigenvalue weighted by atomic mass is 9.73. The van der Waals surface area contributed by atoms with E-state index in [9.17, 15) is 49.5 Å². The van der Waals surface area contributed by atoms with Crippen molar-refractivity contribution in [1.82, 2.24) is 0 Å². The van der Waals surface area contributed by atoms with E-state index in [4.69, 9.17) is 23.7 Å². The van der Waals surface area contributed by atoms with Gasteiger partial charge < -0.3 is 49.2 Å². The Morgan fingerprint density at radius 1 is 0.376 bits per heavy atom. The second kappa shape index (κ2) is 53.8. The largest absolute Gasteiger partial charge is 0.463 e. The monoisotopic (exact) mass is 1430 g/mol. The Balaban J connectivity index is -0.000000380. The SMILES string of the molecule is C=C(C(C)C(C)OC(=O)C(C)(C)O)C(C)C(C)(C)C.CC(=CCOC(=O)C(C)(C)O)CCC=C(C)CC(C)C.CC(C)=CCCC(C)=CCCC(C)COC(=O)C(C)(C)O.CC(C)=CCCC(C)=CCCC(C)OC(=O)C(C)(C)O.CC(C)=CCCC(C)CCCC(C)COC(=O)C(C)(C)O. The molecule has 590 valence electrons. The second-order valence-corrected chi connectivity index (χ2v) is 33.6. The van der Waals surface area contributed by atoms with Crippen molar-refractivity contribution in [3.63, 3.8) is 0 Å². The Kier molecular flexibility index (Phi) is 55.7. The first kappa shape index (κ1) is 105. The number of carbonyl (C=O) groups excluding carboxylic acids is 5. The summed E-state index contributed by atoms with van der Waals surface area (Å²) in [6.45, 7) is 66.0. The third-order valence-corrected chi connectivity index (χ3v) is 16.7.